The Morgan fingerprint density at radius 1 is 1.31 bits per heavy atom. The summed E-state index contributed by atoms with van der Waals surface area (Å²) >= 11 is 5.83. The van der Waals surface area contributed by atoms with E-state index in [0.29, 0.717) is 42.0 Å². The van der Waals surface area contributed by atoms with E-state index in [1.165, 1.54) is 6.20 Å². The van der Waals surface area contributed by atoms with Crippen LogP contribution < -0.4 is 9.47 Å². The molecule has 3 heterocycles. The topological polar surface area (TPSA) is 73.8 Å². The summed E-state index contributed by atoms with van der Waals surface area (Å²) in [4.78, 5) is 23.4. The highest BCUT2D eigenvalue weighted by Gasteiger charge is 2.27. The minimum absolute atomic E-state index is 0.160. The second-order valence-electron chi connectivity index (χ2n) is 6.60. The number of nitrogens with zero attached hydrogens (tertiary/aromatic N) is 3. The first kappa shape index (κ1) is 19.4. The SMILES string of the molecule is COc1cc(C(=O)N2CCOC(COc3ccc(Cl)cn3)C2)nc2ccccc12. The number of carbonyl (C=O) groups excluding carboxylic acids is 1. The molecule has 1 fully saturated rings. The van der Waals surface area contributed by atoms with Crippen LogP contribution in [0.2, 0.25) is 5.02 Å². The summed E-state index contributed by atoms with van der Waals surface area (Å²) in [5, 5.41) is 1.41. The van der Waals surface area contributed by atoms with Crippen LogP contribution in [0.5, 0.6) is 11.6 Å². The Bertz CT molecular complexity index is 1010. The van der Waals surface area contributed by atoms with Gasteiger partial charge in [0.1, 0.15) is 24.2 Å². The molecule has 0 spiro atoms. The number of fused-ring (bicyclic) bond motifs is 1. The van der Waals surface area contributed by atoms with E-state index < -0.39 is 0 Å². The molecule has 7 nitrogen and oxygen atoms in total. The summed E-state index contributed by atoms with van der Waals surface area (Å²) in [5.74, 6) is 0.926. The van der Waals surface area contributed by atoms with Crippen molar-refractivity contribution in [3.63, 3.8) is 0 Å². The van der Waals surface area contributed by atoms with Gasteiger partial charge in [-0.2, -0.15) is 0 Å². The number of amides is 1. The van der Waals surface area contributed by atoms with Crippen LogP contribution in [-0.4, -0.2) is 60.3 Å². The maximum Gasteiger partial charge on any atom is 0.272 e. The van der Waals surface area contributed by atoms with E-state index in [9.17, 15) is 4.79 Å². The highest BCUT2D eigenvalue weighted by atomic mass is 35.5. The zero-order chi connectivity index (χ0) is 20.2. The molecular formula is C21H20ClN3O4. The quantitative estimate of drug-likeness (QED) is 0.639. The van der Waals surface area contributed by atoms with E-state index in [1.54, 1.807) is 30.2 Å². The van der Waals surface area contributed by atoms with E-state index >= 15 is 0 Å². The number of hydrogen-bond acceptors (Lipinski definition) is 6. The fourth-order valence-corrected chi connectivity index (χ4v) is 3.33. The first-order valence-corrected chi connectivity index (χ1v) is 9.61. The monoisotopic (exact) mass is 413 g/mol. The van der Waals surface area contributed by atoms with Gasteiger partial charge < -0.3 is 19.1 Å². The van der Waals surface area contributed by atoms with E-state index in [2.05, 4.69) is 9.97 Å². The molecule has 4 rings (SSSR count). The van der Waals surface area contributed by atoms with Crippen LogP contribution in [0.15, 0.2) is 48.7 Å². The molecule has 0 radical (unpaired) electrons. The third kappa shape index (κ3) is 4.41. The van der Waals surface area contributed by atoms with Crippen molar-refractivity contribution in [1.82, 2.24) is 14.9 Å². The third-order valence-corrected chi connectivity index (χ3v) is 4.88. The van der Waals surface area contributed by atoms with Crippen molar-refractivity contribution in [3.8, 4) is 11.6 Å². The number of methoxy groups -OCH3 is 1. The molecule has 0 aliphatic carbocycles. The maximum absolute atomic E-state index is 13.1. The molecule has 1 amide bonds. The van der Waals surface area contributed by atoms with Crippen molar-refractivity contribution in [3.05, 3.63) is 59.4 Å². The van der Waals surface area contributed by atoms with Crippen LogP contribution in [0.25, 0.3) is 10.9 Å². The van der Waals surface area contributed by atoms with Crippen molar-refractivity contribution < 1.29 is 19.0 Å². The Morgan fingerprint density at radius 2 is 2.17 bits per heavy atom. The van der Waals surface area contributed by atoms with Crippen molar-refractivity contribution in [2.24, 2.45) is 0 Å². The number of morpholine rings is 1. The highest BCUT2D eigenvalue weighted by molar-refractivity contribution is 6.30. The Kier molecular flexibility index (Phi) is 5.78. The lowest BCUT2D eigenvalue weighted by atomic mass is 10.1. The van der Waals surface area contributed by atoms with Crippen molar-refractivity contribution in [2.75, 3.05) is 33.4 Å². The summed E-state index contributed by atoms with van der Waals surface area (Å²) in [6.07, 6.45) is 1.26. The molecule has 150 valence electrons. The lowest BCUT2D eigenvalue weighted by Crippen LogP contribution is -2.47. The Hall–Kier alpha value is -2.90. The molecule has 1 aliphatic rings. The standard InChI is InChI=1S/C21H20ClN3O4/c1-27-19-10-18(24-17-5-3-2-4-16(17)19)21(26)25-8-9-28-15(12-25)13-29-20-7-6-14(22)11-23-20/h2-7,10-11,15H,8-9,12-13H2,1H3. The van der Waals surface area contributed by atoms with Crippen LogP contribution in [0.3, 0.4) is 0 Å². The lowest BCUT2D eigenvalue weighted by molar-refractivity contribution is -0.0408. The van der Waals surface area contributed by atoms with Crippen LogP contribution in [0, 0.1) is 0 Å². The van der Waals surface area contributed by atoms with Crippen LogP contribution in [0.4, 0.5) is 0 Å². The molecule has 1 saturated heterocycles. The molecule has 3 aromatic rings. The van der Waals surface area contributed by atoms with Gasteiger partial charge in [-0.15, -0.1) is 0 Å². The molecule has 29 heavy (non-hydrogen) atoms. The minimum atomic E-state index is -0.257. The number of benzene rings is 1. The summed E-state index contributed by atoms with van der Waals surface area (Å²) in [6.45, 7) is 1.61. The van der Waals surface area contributed by atoms with Gasteiger partial charge in [-0.25, -0.2) is 9.97 Å². The van der Waals surface area contributed by atoms with E-state index in [4.69, 9.17) is 25.8 Å². The molecular weight excluding hydrogens is 394 g/mol. The fourth-order valence-electron chi connectivity index (χ4n) is 3.21. The number of pyridine rings is 2. The fraction of sp³-hybridized carbons (Fsp3) is 0.286. The highest BCUT2D eigenvalue weighted by Crippen LogP contribution is 2.26. The molecule has 0 saturated carbocycles. The molecule has 2 aromatic heterocycles. The average Bonchev–Trinajstić information content (AvgIpc) is 2.77. The van der Waals surface area contributed by atoms with Gasteiger partial charge in [0.25, 0.3) is 5.91 Å². The van der Waals surface area contributed by atoms with Crippen molar-refractivity contribution >= 4 is 28.4 Å². The van der Waals surface area contributed by atoms with Crippen LogP contribution in [0.1, 0.15) is 10.5 Å². The van der Waals surface area contributed by atoms with Crippen molar-refractivity contribution in [1.29, 1.82) is 0 Å². The molecule has 1 atom stereocenters. The summed E-state index contributed by atoms with van der Waals surface area (Å²) in [6, 6.07) is 12.7. The predicted molar refractivity (Wildman–Crippen MR) is 109 cm³/mol. The van der Waals surface area contributed by atoms with E-state index in [1.807, 2.05) is 24.3 Å². The summed E-state index contributed by atoms with van der Waals surface area (Å²) < 4.78 is 16.8. The number of para-hydroxylation sites is 1. The molecule has 0 bridgehead atoms. The van der Waals surface area contributed by atoms with E-state index in [0.717, 1.165) is 10.9 Å². The van der Waals surface area contributed by atoms with Gasteiger partial charge in [0.15, 0.2) is 0 Å². The number of hydrogen-bond donors (Lipinski definition) is 0. The average molecular weight is 414 g/mol. The molecule has 1 aliphatic heterocycles. The van der Waals surface area contributed by atoms with Gasteiger partial charge in [0.05, 0.1) is 30.8 Å². The predicted octanol–water partition coefficient (Wildman–Crippen LogP) is 3.21. The van der Waals surface area contributed by atoms with Gasteiger partial charge >= 0.3 is 0 Å². The normalized spacial score (nSPS) is 16.6. The smallest absolute Gasteiger partial charge is 0.272 e. The first-order valence-electron chi connectivity index (χ1n) is 9.23. The number of ether oxygens (including phenoxy) is 3. The molecule has 1 aromatic carbocycles. The van der Waals surface area contributed by atoms with Gasteiger partial charge in [-0.3, -0.25) is 4.79 Å². The zero-order valence-electron chi connectivity index (χ0n) is 15.9. The zero-order valence-corrected chi connectivity index (χ0v) is 16.6. The van der Waals surface area contributed by atoms with Crippen molar-refractivity contribution in [2.45, 2.75) is 6.10 Å². The number of aromatic nitrogens is 2. The third-order valence-electron chi connectivity index (χ3n) is 4.66. The summed E-state index contributed by atoms with van der Waals surface area (Å²) in [7, 11) is 1.59. The minimum Gasteiger partial charge on any atom is -0.496 e. The Labute approximate surface area is 173 Å². The molecule has 1 unspecified atom stereocenters. The second-order valence-corrected chi connectivity index (χ2v) is 7.03. The Balaban J connectivity index is 1.46. The van der Waals surface area contributed by atoms with Gasteiger partial charge in [0.2, 0.25) is 5.88 Å². The van der Waals surface area contributed by atoms with Gasteiger partial charge in [-0.05, 0) is 18.2 Å². The van der Waals surface area contributed by atoms with Gasteiger partial charge in [-0.1, -0.05) is 23.7 Å². The molecule has 8 heteroatoms. The number of halogens is 1. The van der Waals surface area contributed by atoms with Crippen LogP contribution in [-0.2, 0) is 4.74 Å². The maximum atomic E-state index is 13.1. The van der Waals surface area contributed by atoms with Gasteiger partial charge in [0, 0.05) is 30.3 Å². The summed E-state index contributed by atoms with van der Waals surface area (Å²) in [5.41, 5.74) is 1.07. The largest absolute Gasteiger partial charge is 0.496 e. The second kappa shape index (κ2) is 8.63. The van der Waals surface area contributed by atoms with Crippen LogP contribution >= 0.6 is 11.6 Å². The number of carbonyl (C=O) groups is 1. The number of rotatable bonds is 5. The molecule has 0 N–H and O–H groups in total. The first-order chi connectivity index (χ1) is 14.1. The lowest BCUT2D eigenvalue weighted by Gasteiger charge is -2.32. The van der Waals surface area contributed by atoms with E-state index in [-0.39, 0.29) is 18.6 Å². The Morgan fingerprint density at radius 3 is 2.97 bits per heavy atom.